The van der Waals surface area contributed by atoms with E-state index < -0.39 is 5.97 Å². The van der Waals surface area contributed by atoms with Crippen molar-refractivity contribution in [2.75, 3.05) is 11.1 Å². The molecule has 1 aromatic rings. The lowest BCUT2D eigenvalue weighted by molar-refractivity contribution is -0.117. The molecule has 0 bridgehead atoms. The molecule has 0 radical (unpaired) electrons. The number of hydrogen-bond donors (Lipinski definition) is 3. The zero-order chi connectivity index (χ0) is 16.2. The summed E-state index contributed by atoms with van der Waals surface area (Å²) < 4.78 is 0. The highest BCUT2D eigenvalue weighted by molar-refractivity contribution is 6.01. The van der Waals surface area contributed by atoms with Gasteiger partial charge in [0.25, 0.3) is 0 Å². The first-order chi connectivity index (χ1) is 9.58. The third-order valence-electron chi connectivity index (χ3n) is 3.04. The maximum atomic E-state index is 12.0. The van der Waals surface area contributed by atoms with Gasteiger partial charge in [-0.3, -0.25) is 4.79 Å². The third-order valence-corrected chi connectivity index (χ3v) is 3.04. The summed E-state index contributed by atoms with van der Waals surface area (Å²) >= 11 is 0. The van der Waals surface area contributed by atoms with Gasteiger partial charge in [-0.2, -0.15) is 0 Å². The van der Waals surface area contributed by atoms with Gasteiger partial charge in [-0.25, -0.2) is 4.79 Å². The van der Waals surface area contributed by atoms with Gasteiger partial charge in [0.1, 0.15) is 0 Å². The van der Waals surface area contributed by atoms with Gasteiger partial charge in [-0.05, 0) is 36.0 Å². The second-order valence-corrected chi connectivity index (χ2v) is 6.73. The quantitative estimate of drug-likeness (QED) is 0.725. The summed E-state index contributed by atoms with van der Waals surface area (Å²) in [7, 11) is 0. The molecule has 0 aromatic heterocycles. The second-order valence-electron chi connectivity index (χ2n) is 6.73. The van der Waals surface area contributed by atoms with Gasteiger partial charge in [0, 0.05) is 12.1 Å². The summed E-state index contributed by atoms with van der Waals surface area (Å²) in [6.07, 6.45) is 1.29. The highest BCUT2D eigenvalue weighted by Crippen LogP contribution is 2.26. The molecule has 5 nitrogen and oxygen atoms in total. The van der Waals surface area contributed by atoms with Gasteiger partial charge >= 0.3 is 5.97 Å². The van der Waals surface area contributed by atoms with Crippen LogP contribution in [0.3, 0.4) is 0 Å². The van der Waals surface area contributed by atoms with Crippen LogP contribution in [0.1, 0.15) is 50.9 Å². The van der Waals surface area contributed by atoms with Crippen LogP contribution in [0.5, 0.6) is 0 Å². The van der Waals surface area contributed by atoms with Crippen molar-refractivity contribution in [3.8, 4) is 0 Å². The maximum absolute atomic E-state index is 12.0. The lowest BCUT2D eigenvalue weighted by Gasteiger charge is -2.22. The Kier molecular flexibility index (Phi) is 5.35. The number of carboxylic acid groups (broad SMARTS) is 1. The first-order valence-corrected chi connectivity index (χ1v) is 7.01. The van der Waals surface area contributed by atoms with Gasteiger partial charge in [-0.1, -0.05) is 27.7 Å². The molecule has 116 valence electrons. The van der Waals surface area contributed by atoms with E-state index in [0.717, 1.165) is 6.42 Å². The number of anilines is 2. The zero-order valence-electron chi connectivity index (χ0n) is 13.1. The Morgan fingerprint density at radius 3 is 2.48 bits per heavy atom. The van der Waals surface area contributed by atoms with Crippen LogP contribution in [0.25, 0.3) is 0 Å². The average Bonchev–Trinajstić information content (AvgIpc) is 2.28. The minimum Gasteiger partial charge on any atom is -0.478 e. The van der Waals surface area contributed by atoms with Crippen LogP contribution in [0.2, 0.25) is 0 Å². The SMILES string of the molecule is CC(CC(=O)Nc1ccc(N)cc1C(=O)O)CC(C)(C)C. The van der Waals surface area contributed by atoms with E-state index in [4.69, 9.17) is 10.8 Å². The number of nitrogen functional groups attached to an aromatic ring is 1. The maximum Gasteiger partial charge on any atom is 0.337 e. The average molecular weight is 292 g/mol. The van der Waals surface area contributed by atoms with Crippen molar-refractivity contribution in [1.29, 1.82) is 0 Å². The van der Waals surface area contributed by atoms with Crippen LogP contribution in [-0.4, -0.2) is 17.0 Å². The highest BCUT2D eigenvalue weighted by atomic mass is 16.4. The van der Waals surface area contributed by atoms with Crippen LogP contribution < -0.4 is 11.1 Å². The Labute approximate surface area is 125 Å². The summed E-state index contributed by atoms with van der Waals surface area (Å²) in [5.41, 5.74) is 6.37. The molecule has 4 N–H and O–H groups in total. The fourth-order valence-electron chi connectivity index (χ4n) is 2.48. The molecule has 1 aromatic carbocycles. The molecule has 0 aliphatic heterocycles. The Hall–Kier alpha value is -2.04. The number of nitrogens with two attached hydrogens (primary N) is 1. The van der Waals surface area contributed by atoms with Crippen molar-refractivity contribution in [1.82, 2.24) is 0 Å². The number of nitrogens with one attached hydrogen (secondary N) is 1. The summed E-state index contributed by atoms with van der Waals surface area (Å²) in [6, 6.07) is 4.43. The molecule has 0 heterocycles. The Morgan fingerprint density at radius 1 is 1.33 bits per heavy atom. The van der Waals surface area contributed by atoms with E-state index in [-0.39, 0.29) is 28.5 Å². The smallest absolute Gasteiger partial charge is 0.337 e. The lowest BCUT2D eigenvalue weighted by atomic mass is 9.84. The molecule has 0 aliphatic carbocycles. The van der Waals surface area contributed by atoms with Gasteiger partial charge in [0.15, 0.2) is 0 Å². The van der Waals surface area contributed by atoms with Crippen molar-refractivity contribution in [2.45, 2.75) is 40.5 Å². The van der Waals surface area contributed by atoms with Gasteiger partial charge in [-0.15, -0.1) is 0 Å². The van der Waals surface area contributed by atoms with Crippen molar-refractivity contribution in [3.05, 3.63) is 23.8 Å². The molecule has 0 aliphatic rings. The minimum atomic E-state index is -1.11. The molecule has 1 atom stereocenters. The van der Waals surface area contributed by atoms with E-state index in [1.165, 1.54) is 12.1 Å². The lowest BCUT2D eigenvalue weighted by Crippen LogP contribution is -2.20. The minimum absolute atomic E-state index is 0.00632. The molecule has 1 rings (SSSR count). The van der Waals surface area contributed by atoms with E-state index in [0.29, 0.717) is 12.1 Å². The number of benzene rings is 1. The Balaban J connectivity index is 2.73. The molecule has 0 fully saturated rings. The van der Waals surface area contributed by atoms with Gasteiger partial charge in [0.05, 0.1) is 11.3 Å². The summed E-state index contributed by atoms with van der Waals surface area (Å²) in [6.45, 7) is 8.41. The standard InChI is InChI=1S/C16H24N2O3/c1-10(9-16(2,3)4)7-14(19)18-13-6-5-11(17)8-12(13)15(20)21/h5-6,8,10H,7,9,17H2,1-4H3,(H,18,19)(H,20,21). The molecule has 1 amide bonds. The molecule has 21 heavy (non-hydrogen) atoms. The molecule has 0 saturated carbocycles. The van der Waals surface area contributed by atoms with E-state index >= 15 is 0 Å². The number of aromatic carboxylic acids is 1. The van der Waals surface area contributed by atoms with E-state index in [9.17, 15) is 9.59 Å². The van der Waals surface area contributed by atoms with Crippen molar-refractivity contribution in [3.63, 3.8) is 0 Å². The van der Waals surface area contributed by atoms with E-state index in [2.05, 4.69) is 26.1 Å². The summed E-state index contributed by atoms with van der Waals surface area (Å²) in [4.78, 5) is 23.2. The van der Waals surface area contributed by atoms with Crippen molar-refractivity contribution in [2.24, 2.45) is 11.3 Å². The fraction of sp³-hybridized carbons (Fsp3) is 0.500. The number of amides is 1. The third kappa shape index (κ3) is 5.85. The first kappa shape index (κ1) is 17.0. The highest BCUT2D eigenvalue weighted by Gasteiger charge is 2.19. The van der Waals surface area contributed by atoms with Crippen molar-refractivity contribution >= 4 is 23.3 Å². The number of carboxylic acids is 1. The molecular formula is C16H24N2O3. The molecule has 5 heteroatoms. The predicted molar refractivity (Wildman–Crippen MR) is 84.3 cm³/mol. The topological polar surface area (TPSA) is 92.4 Å². The Morgan fingerprint density at radius 2 is 1.95 bits per heavy atom. The summed E-state index contributed by atoms with van der Waals surface area (Å²) in [5.74, 6) is -1.06. The Bertz CT molecular complexity index is 533. The normalized spacial score (nSPS) is 12.8. The number of rotatable bonds is 5. The number of hydrogen-bond acceptors (Lipinski definition) is 3. The second kappa shape index (κ2) is 6.61. The van der Waals surface area contributed by atoms with Crippen molar-refractivity contribution < 1.29 is 14.7 Å². The molecule has 0 spiro atoms. The monoisotopic (exact) mass is 292 g/mol. The number of carbonyl (C=O) groups is 2. The molecule has 0 saturated heterocycles. The van der Waals surface area contributed by atoms with Crippen LogP contribution in [0.15, 0.2) is 18.2 Å². The van der Waals surface area contributed by atoms with Crippen LogP contribution in [-0.2, 0) is 4.79 Å². The zero-order valence-corrected chi connectivity index (χ0v) is 13.1. The largest absolute Gasteiger partial charge is 0.478 e. The van der Waals surface area contributed by atoms with Gasteiger partial charge in [0.2, 0.25) is 5.91 Å². The van der Waals surface area contributed by atoms with Crippen LogP contribution in [0.4, 0.5) is 11.4 Å². The summed E-state index contributed by atoms with van der Waals surface area (Å²) in [5, 5.41) is 11.8. The van der Waals surface area contributed by atoms with Crippen LogP contribution in [0, 0.1) is 11.3 Å². The predicted octanol–water partition coefficient (Wildman–Crippen LogP) is 3.37. The molecule has 1 unspecified atom stereocenters. The van der Waals surface area contributed by atoms with Crippen LogP contribution >= 0.6 is 0 Å². The molecular weight excluding hydrogens is 268 g/mol. The number of carbonyl (C=O) groups excluding carboxylic acids is 1. The van der Waals surface area contributed by atoms with E-state index in [1.807, 2.05) is 6.92 Å². The first-order valence-electron chi connectivity index (χ1n) is 7.01. The van der Waals surface area contributed by atoms with Gasteiger partial charge < -0.3 is 16.2 Å². The fourth-order valence-corrected chi connectivity index (χ4v) is 2.48. The van der Waals surface area contributed by atoms with E-state index in [1.54, 1.807) is 6.07 Å².